The highest BCUT2D eigenvalue weighted by Gasteiger charge is 2.06. The number of hydrogen-bond acceptors (Lipinski definition) is 3. The van der Waals surface area contributed by atoms with Gasteiger partial charge in [-0.1, -0.05) is 6.07 Å². The molecule has 0 aromatic heterocycles. The molecule has 0 spiro atoms. The van der Waals surface area contributed by atoms with E-state index in [9.17, 15) is 4.79 Å². The SMILES string of the molecule is N#CCOc1c(Br)cccc1C=O. The molecule has 0 saturated carbocycles. The van der Waals surface area contributed by atoms with Crippen molar-refractivity contribution in [2.75, 3.05) is 6.61 Å². The Morgan fingerprint density at radius 3 is 3.00 bits per heavy atom. The molecule has 3 nitrogen and oxygen atoms in total. The summed E-state index contributed by atoms with van der Waals surface area (Å²) in [5.74, 6) is 0.416. The molecular weight excluding hydrogens is 234 g/mol. The molecule has 1 aromatic carbocycles. The van der Waals surface area contributed by atoms with Crippen molar-refractivity contribution in [2.24, 2.45) is 0 Å². The number of para-hydroxylation sites is 1. The molecule has 13 heavy (non-hydrogen) atoms. The Morgan fingerprint density at radius 2 is 2.38 bits per heavy atom. The minimum atomic E-state index is -0.0660. The molecule has 1 aromatic rings. The number of halogens is 1. The fourth-order valence-corrected chi connectivity index (χ4v) is 1.37. The van der Waals surface area contributed by atoms with Crippen molar-refractivity contribution in [1.29, 1.82) is 5.26 Å². The summed E-state index contributed by atoms with van der Waals surface area (Å²) in [7, 11) is 0. The van der Waals surface area contributed by atoms with Gasteiger partial charge >= 0.3 is 0 Å². The Labute approximate surface area is 84.1 Å². The zero-order valence-corrected chi connectivity index (χ0v) is 8.24. The second kappa shape index (κ2) is 4.63. The minimum Gasteiger partial charge on any atom is -0.477 e. The summed E-state index contributed by atoms with van der Waals surface area (Å²) in [5.41, 5.74) is 0.435. The van der Waals surface area contributed by atoms with Gasteiger partial charge in [0.15, 0.2) is 12.9 Å². The minimum absolute atomic E-state index is 0.0660. The van der Waals surface area contributed by atoms with Gasteiger partial charge in [0.1, 0.15) is 11.8 Å². The summed E-state index contributed by atoms with van der Waals surface area (Å²) < 4.78 is 5.74. The Balaban J connectivity index is 3.01. The van der Waals surface area contributed by atoms with Crippen molar-refractivity contribution in [3.63, 3.8) is 0 Å². The van der Waals surface area contributed by atoms with Gasteiger partial charge in [0, 0.05) is 0 Å². The van der Waals surface area contributed by atoms with E-state index in [0.717, 1.165) is 0 Å². The number of ether oxygens (including phenoxy) is 1. The van der Waals surface area contributed by atoms with Crippen LogP contribution in [0, 0.1) is 11.3 Å². The lowest BCUT2D eigenvalue weighted by Crippen LogP contribution is -1.97. The molecule has 0 amide bonds. The highest BCUT2D eigenvalue weighted by atomic mass is 79.9. The van der Waals surface area contributed by atoms with Crippen molar-refractivity contribution in [3.05, 3.63) is 28.2 Å². The van der Waals surface area contributed by atoms with E-state index in [-0.39, 0.29) is 6.61 Å². The van der Waals surface area contributed by atoms with Crippen molar-refractivity contribution in [1.82, 2.24) is 0 Å². The van der Waals surface area contributed by atoms with Gasteiger partial charge in [0.2, 0.25) is 0 Å². The van der Waals surface area contributed by atoms with Crippen LogP contribution in [0.15, 0.2) is 22.7 Å². The van der Waals surface area contributed by atoms with Gasteiger partial charge in [-0.2, -0.15) is 5.26 Å². The van der Waals surface area contributed by atoms with Crippen molar-refractivity contribution >= 4 is 22.2 Å². The fraction of sp³-hybridized carbons (Fsp3) is 0.111. The molecule has 0 saturated heterocycles. The van der Waals surface area contributed by atoms with Crippen LogP contribution < -0.4 is 4.74 Å². The second-order valence-corrected chi connectivity index (χ2v) is 3.08. The Morgan fingerprint density at radius 1 is 1.62 bits per heavy atom. The van der Waals surface area contributed by atoms with E-state index in [2.05, 4.69) is 15.9 Å². The van der Waals surface area contributed by atoms with Gasteiger partial charge in [-0.15, -0.1) is 0 Å². The Bertz CT molecular complexity index is 357. The quantitative estimate of drug-likeness (QED) is 0.760. The molecule has 0 unspecified atom stereocenters. The van der Waals surface area contributed by atoms with Gasteiger partial charge in [0.05, 0.1) is 10.0 Å². The van der Waals surface area contributed by atoms with E-state index >= 15 is 0 Å². The zero-order valence-electron chi connectivity index (χ0n) is 6.66. The van der Waals surface area contributed by atoms with Crippen molar-refractivity contribution in [3.8, 4) is 11.8 Å². The molecule has 0 N–H and O–H groups in total. The number of aldehydes is 1. The largest absolute Gasteiger partial charge is 0.477 e. The Hall–Kier alpha value is -1.34. The highest BCUT2D eigenvalue weighted by Crippen LogP contribution is 2.27. The lowest BCUT2D eigenvalue weighted by molar-refractivity contribution is 0.112. The third-order valence-electron chi connectivity index (χ3n) is 1.41. The molecule has 0 aliphatic heterocycles. The van der Waals surface area contributed by atoms with Gasteiger partial charge in [-0.05, 0) is 28.1 Å². The molecule has 66 valence electrons. The maximum absolute atomic E-state index is 10.6. The second-order valence-electron chi connectivity index (χ2n) is 2.22. The highest BCUT2D eigenvalue weighted by molar-refractivity contribution is 9.10. The predicted octanol–water partition coefficient (Wildman–Crippen LogP) is 2.16. The number of carbonyl (C=O) groups excluding carboxylic acids is 1. The first kappa shape index (κ1) is 9.75. The van der Waals surface area contributed by atoms with Gasteiger partial charge in [-0.3, -0.25) is 4.79 Å². The average Bonchev–Trinajstić information content (AvgIpc) is 2.15. The van der Waals surface area contributed by atoms with Crippen LogP contribution in [0.25, 0.3) is 0 Å². The van der Waals surface area contributed by atoms with Gasteiger partial charge < -0.3 is 4.74 Å². The first-order chi connectivity index (χ1) is 6.29. The van der Waals surface area contributed by atoms with E-state index < -0.39 is 0 Å². The first-order valence-corrected chi connectivity index (χ1v) is 4.32. The maximum atomic E-state index is 10.6. The molecule has 0 aliphatic rings. The molecule has 0 radical (unpaired) electrons. The molecule has 4 heteroatoms. The monoisotopic (exact) mass is 239 g/mol. The number of nitrogens with zero attached hydrogens (tertiary/aromatic N) is 1. The number of rotatable bonds is 3. The van der Waals surface area contributed by atoms with Crippen LogP contribution in [0.3, 0.4) is 0 Å². The lowest BCUT2D eigenvalue weighted by Gasteiger charge is -2.06. The normalized spacial score (nSPS) is 8.92. The topological polar surface area (TPSA) is 50.1 Å². The van der Waals surface area contributed by atoms with Crippen LogP contribution in [0.1, 0.15) is 10.4 Å². The van der Waals surface area contributed by atoms with E-state index in [1.165, 1.54) is 0 Å². The van der Waals surface area contributed by atoms with Gasteiger partial charge in [-0.25, -0.2) is 0 Å². The van der Waals surface area contributed by atoms with Crippen LogP contribution in [0.4, 0.5) is 0 Å². The number of carbonyl (C=O) groups is 1. The van der Waals surface area contributed by atoms with Crippen LogP contribution in [-0.4, -0.2) is 12.9 Å². The third kappa shape index (κ3) is 2.30. The molecule has 0 atom stereocenters. The molecular formula is C9H6BrNO2. The van der Waals surface area contributed by atoms with Crippen molar-refractivity contribution in [2.45, 2.75) is 0 Å². The van der Waals surface area contributed by atoms with Crippen LogP contribution in [-0.2, 0) is 0 Å². The van der Waals surface area contributed by atoms with Gasteiger partial charge in [0.25, 0.3) is 0 Å². The Kier molecular flexibility index (Phi) is 3.47. The molecule has 0 aliphatic carbocycles. The van der Waals surface area contributed by atoms with E-state index in [0.29, 0.717) is 22.1 Å². The smallest absolute Gasteiger partial charge is 0.174 e. The van der Waals surface area contributed by atoms with E-state index in [1.807, 2.05) is 6.07 Å². The summed E-state index contributed by atoms with van der Waals surface area (Å²) in [5, 5.41) is 8.30. The first-order valence-electron chi connectivity index (χ1n) is 3.53. The fourth-order valence-electron chi connectivity index (χ4n) is 0.875. The summed E-state index contributed by atoms with van der Waals surface area (Å²) in [6, 6.07) is 6.94. The summed E-state index contributed by atoms with van der Waals surface area (Å²) in [6.07, 6.45) is 0.692. The molecule has 0 heterocycles. The summed E-state index contributed by atoms with van der Waals surface area (Å²) in [6.45, 7) is -0.0660. The average molecular weight is 240 g/mol. The standard InChI is InChI=1S/C9H6BrNO2/c10-8-3-1-2-7(6-12)9(8)13-5-4-11/h1-3,6H,5H2. The molecule has 0 fully saturated rings. The third-order valence-corrected chi connectivity index (χ3v) is 2.03. The van der Waals surface area contributed by atoms with Crippen LogP contribution >= 0.6 is 15.9 Å². The maximum Gasteiger partial charge on any atom is 0.174 e. The summed E-state index contributed by atoms with van der Waals surface area (Å²) in [4.78, 5) is 10.6. The predicted molar refractivity (Wildman–Crippen MR) is 50.6 cm³/mol. The van der Waals surface area contributed by atoms with Crippen molar-refractivity contribution < 1.29 is 9.53 Å². The molecule has 1 rings (SSSR count). The number of hydrogen-bond donors (Lipinski definition) is 0. The molecule has 0 bridgehead atoms. The van der Waals surface area contributed by atoms with E-state index in [1.54, 1.807) is 18.2 Å². The summed E-state index contributed by atoms with van der Waals surface area (Å²) >= 11 is 3.22. The number of benzene rings is 1. The van der Waals surface area contributed by atoms with Crippen LogP contribution in [0.2, 0.25) is 0 Å². The lowest BCUT2D eigenvalue weighted by atomic mass is 10.2. The van der Waals surface area contributed by atoms with E-state index in [4.69, 9.17) is 10.00 Å². The number of nitriles is 1. The zero-order chi connectivity index (χ0) is 9.68. The van der Waals surface area contributed by atoms with Crippen LogP contribution in [0.5, 0.6) is 5.75 Å².